The molecule has 5 nitrogen and oxygen atoms in total. The Morgan fingerprint density at radius 1 is 1.16 bits per heavy atom. The van der Waals surface area contributed by atoms with E-state index in [2.05, 4.69) is 40.4 Å². The highest BCUT2D eigenvalue weighted by atomic mass is 35.5. The molecule has 1 aliphatic carbocycles. The predicted molar refractivity (Wildman–Crippen MR) is 97.6 cm³/mol. The van der Waals surface area contributed by atoms with Crippen molar-refractivity contribution in [1.29, 1.82) is 0 Å². The third-order valence-electron chi connectivity index (χ3n) is 4.72. The van der Waals surface area contributed by atoms with Gasteiger partial charge in [0.05, 0.1) is 0 Å². The summed E-state index contributed by atoms with van der Waals surface area (Å²) < 4.78 is 3.76. The summed E-state index contributed by atoms with van der Waals surface area (Å²) in [6, 6.07) is 10.4. The molecule has 5 rings (SSSR count). The molecule has 4 aromatic rings. The zero-order chi connectivity index (χ0) is 17.0. The van der Waals surface area contributed by atoms with E-state index in [1.54, 1.807) is 6.20 Å². The topological polar surface area (TPSA) is 48.0 Å². The average Bonchev–Trinajstić information content (AvgIpc) is 3.25. The number of hydrogen-bond acceptors (Lipinski definition) is 3. The van der Waals surface area contributed by atoms with Gasteiger partial charge in [-0.3, -0.25) is 0 Å². The molecule has 0 saturated heterocycles. The fourth-order valence-electron chi connectivity index (χ4n) is 3.37. The molecule has 1 fully saturated rings. The van der Waals surface area contributed by atoms with E-state index in [0.29, 0.717) is 22.7 Å². The number of fused-ring (bicyclic) bond motifs is 1. The molecule has 3 heterocycles. The van der Waals surface area contributed by atoms with Gasteiger partial charge in [-0.05, 0) is 29.9 Å². The highest BCUT2D eigenvalue weighted by Crippen LogP contribution is 2.48. The molecule has 0 N–H and O–H groups in total. The molecule has 1 aromatic carbocycles. The number of hydrogen-bond donors (Lipinski definition) is 0. The highest BCUT2D eigenvalue weighted by Gasteiger charge is 2.31. The van der Waals surface area contributed by atoms with Gasteiger partial charge in [0.2, 0.25) is 5.82 Å². The van der Waals surface area contributed by atoms with Crippen molar-refractivity contribution in [3.63, 3.8) is 0 Å². The van der Waals surface area contributed by atoms with Crippen LogP contribution in [0.1, 0.15) is 24.3 Å². The van der Waals surface area contributed by atoms with E-state index in [9.17, 15) is 0 Å². The number of rotatable bonds is 3. The smallest absolute Gasteiger partial charge is 0.217 e. The number of aromatic nitrogens is 5. The molecule has 0 radical (unpaired) electrons. The van der Waals surface area contributed by atoms with Gasteiger partial charge in [-0.2, -0.15) is 0 Å². The van der Waals surface area contributed by atoms with E-state index in [-0.39, 0.29) is 0 Å². The van der Waals surface area contributed by atoms with Crippen LogP contribution in [0.15, 0.2) is 48.9 Å². The second-order valence-electron chi connectivity index (χ2n) is 6.48. The van der Waals surface area contributed by atoms with Crippen LogP contribution >= 0.6 is 11.6 Å². The van der Waals surface area contributed by atoms with E-state index >= 15 is 0 Å². The number of halogens is 1. The minimum atomic E-state index is 0.483. The minimum absolute atomic E-state index is 0.483. The minimum Gasteiger partial charge on any atom is -0.331 e. The summed E-state index contributed by atoms with van der Waals surface area (Å²) in [4.78, 5) is 8.87. The Hall–Kier alpha value is -2.66. The maximum absolute atomic E-state index is 6.60. The molecule has 25 heavy (non-hydrogen) atoms. The molecule has 6 heteroatoms. The quantitative estimate of drug-likeness (QED) is 0.553. The van der Waals surface area contributed by atoms with E-state index < -0.39 is 0 Å². The van der Waals surface area contributed by atoms with Crippen molar-refractivity contribution in [2.75, 3.05) is 0 Å². The van der Waals surface area contributed by atoms with Crippen molar-refractivity contribution in [3.8, 4) is 22.8 Å². The lowest BCUT2D eigenvalue weighted by molar-refractivity contribution is 0.858. The lowest BCUT2D eigenvalue weighted by Crippen LogP contribution is -2.02. The number of aryl methyl sites for hydroxylation is 1. The second kappa shape index (κ2) is 5.43. The first kappa shape index (κ1) is 14.7. The number of nitrogens with zero attached hydrogens (tertiary/aromatic N) is 5. The van der Waals surface area contributed by atoms with Crippen LogP contribution in [0.2, 0.25) is 5.15 Å². The van der Waals surface area contributed by atoms with Gasteiger partial charge in [0.15, 0.2) is 11.0 Å². The molecular weight excluding hydrogens is 334 g/mol. The summed E-state index contributed by atoms with van der Waals surface area (Å²) in [5.74, 6) is 1.77. The van der Waals surface area contributed by atoms with Crippen LogP contribution in [0.25, 0.3) is 28.3 Å². The summed E-state index contributed by atoms with van der Waals surface area (Å²) in [5, 5.41) is 5.18. The molecule has 3 aromatic heterocycles. The maximum Gasteiger partial charge on any atom is 0.217 e. The van der Waals surface area contributed by atoms with Crippen LogP contribution < -0.4 is 0 Å². The summed E-state index contributed by atoms with van der Waals surface area (Å²) in [6.45, 7) is 0. The third-order valence-corrected chi connectivity index (χ3v) is 4.98. The molecule has 0 amide bonds. The van der Waals surface area contributed by atoms with Crippen molar-refractivity contribution in [2.24, 2.45) is 7.05 Å². The third kappa shape index (κ3) is 2.35. The Labute approximate surface area is 149 Å². The fourth-order valence-corrected chi connectivity index (χ4v) is 3.64. The fraction of sp³-hybridized carbons (Fsp3) is 0.211. The van der Waals surface area contributed by atoms with Gasteiger partial charge in [0.25, 0.3) is 0 Å². The molecule has 1 aliphatic rings. The largest absolute Gasteiger partial charge is 0.331 e. The van der Waals surface area contributed by atoms with Gasteiger partial charge in [0, 0.05) is 31.2 Å². The SMILES string of the molecule is Cn1ccnc1-c1nc(Cl)c2c(C3CC3)c(-c3ccccc3)cn2n1. The zero-order valence-corrected chi connectivity index (χ0v) is 14.5. The van der Waals surface area contributed by atoms with Crippen LogP contribution in [-0.4, -0.2) is 24.1 Å². The van der Waals surface area contributed by atoms with E-state index in [1.807, 2.05) is 28.4 Å². The van der Waals surface area contributed by atoms with Crippen LogP contribution in [-0.2, 0) is 7.05 Å². The van der Waals surface area contributed by atoms with Crippen molar-refractivity contribution >= 4 is 17.1 Å². The van der Waals surface area contributed by atoms with Gasteiger partial charge >= 0.3 is 0 Å². The number of imidazole rings is 1. The zero-order valence-electron chi connectivity index (χ0n) is 13.7. The van der Waals surface area contributed by atoms with Gasteiger partial charge in [-0.15, -0.1) is 5.10 Å². The molecule has 0 spiro atoms. The Morgan fingerprint density at radius 2 is 1.96 bits per heavy atom. The van der Waals surface area contributed by atoms with Crippen molar-refractivity contribution in [3.05, 3.63) is 59.6 Å². The first-order valence-electron chi connectivity index (χ1n) is 8.34. The molecule has 0 atom stereocenters. The van der Waals surface area contributed by atoms with Gasteiger partial charge in [-0.25, -0.2) is 14.5 Å². The summed E-state index contributed by atoms with van der Waals surface area (Å²) in [6.07, 6.45) is 8.06. The number of benzene rings is 1. The van der Waals surface area contributed by atoms with Crippen molar-refractivity contribution in [2.45, 2.75) is 18.8 Å². The van der Waals surface area contributed by atoms with Crippen molar-refractivity contribution < 1.29 is 0 Å². The monoisotopic (exact) mass is 349 g/mol. The van der Waals surface area contributed by atoms with Crippen LogP contribution in [0, 0.1) is 0 Å². The Kier molecular flexibility index (Phi) is 3.18. The Bertz CT molecular complexity index is 1080. The van der Waals surface area contributed by atoms with Crippen LogP contribution in [0.5, 0.6) is 0 Å². The van der Waals surface area contributed by atoms with Crippen LogP contribution in [0.4, 0.5) is 0 Å². The maximum atomic E-state index is 6.60. The molecule has 124 valence electrons. The molecule has 0 unspecified atom stereocenters. The first-order valence-corrected chi connectivity index (χ1v) is 8.72. The standard InChI is InChI=1S/C19H16ClN5/c1-24-10-9-21-19(24)18-22-17(20)16-15(13-7-8-13)14(11-25(16)23-18)12-5-3-2-4-6-12/h2-6,9-11,13H,7-8H2,1H3. The Balaban J connectivity index is 1.78. The van der Waals surface area contributed by atoms with E-state index in [4.69, 9.17) is 16.7 Å². The van der Waals surface area contributed by atoms with Gasteiger partial charge < -0.3 is 4.57 Å². The summed E-state index contributed by atoms with van der Waals surface area (Å²) in [7, 11) is 1.92. The Morgan fingerprint density at radius 3 is 2.64 bits per heavy atom. The summed E-state index contributed by atoms with van der Waals surface area (Å²) >= 11 is 6.60. The van der Waals surface area contributed by atoms with Gasteiger partial charge in [0.1, 0.15) is 5.52 Å². The molecule has 0 aliphatic heterocycles. The predicted octanol–water partition coefficient (Wildman–Crippen LogP) is 4.33. The molecule has 0 bridgehead atoms. The van der Waals surface area contributed by atoms with Crippen molar-refractivity contribution in [1.82, 2.24) is 24.1 Å². The summed E-state index contributed by atoms with van der Waals surface area (Å²) in [5.41, 5.74) is 4.56. The van der Waals surface area contributed by atoms with Crippen LogP contribution in [0.3, 0.4) is 0 Å². The first-order chi connectivity index (χ1) is 12.2. The highest BCUT2D eigenvalue weighted by molar-refractivity contribution is 6.33. The second-order valence-corrected chi connectivity index (χ2v) is 6.84. The van der Waals surface area contributed by atoms with Gasteiger partial charge in [-0.1, -0.05) is 41.9 Å². The molecule has 1 saturated carbocycles. The lowest BCUT2D eigenvalue weighted by atomic mass is 10.0. The lowest BCUT2D eigenvalue weighted by Gasteiger charge is -2.05. The average molecular weight is 350 g/mol. The van der Waals surface area contributed by atoms with E-state index in [0.717, 1.165) is 5.52 Å². The molecular formula is C19H16ClN5. The van der Waals surface area contributed by atoms with E-state index in [1.165, 1.54) is 29.5 Å². The normalized spacial score (nSPS) is 14.3.